The van der Waals surface area contributed by atoms with Gasteiger partial charge in [-0.15, -0.1) is 0 Å². The van der Waals surface area contributed by atoms with Crippen molar-refractivity contribution < 1.29 is 0 Å². The number of aromatic nitrogens is 7. The fraction of sp³-hybridized carbons (Fsp3) is 0. The highest BCUT2D eigenvalue weighted by Crippen LogP contribution is 2.44. The SMILES string of the molecule is c1ccc(-c2nc(-c3ccccc3)nc(-n3c4ccccc4c4cc5c(cc43)c3ccc(-c4ccc6c7cc8c(cc7n(-c7ccccc7)c6c4)c4ccccc4n8-c4ccccc4)cc3n5-c3ccccc3)n2)cc1. The molecule has 0 unspecified atom stereocenters. The fourth-order valence-electron chi connectivity index (χ4n) is 12.0. The number of fused-ring (bicyclic) bond motifs is 12. The summed E-state index contributed by atoms with van der Waals surface area (Å²) in [6, 6.07) is 93.5. The van der Waals surface area contributed by atoms with Gasteiger partial charge in [-0.3, -0.25) is 4.57 Å². The minimum Gasteiger partial charge on any atom is -0.309 e. The molecule has 76 heavy (non-hydrogen) atoms. The molecule has 5 heterocycles. The van der Waals surface area contributed by atoms with Gasteiger partial charge in [0.2, 0.25) is 5.95 Å². The molecule has 0 atom stereocenters. The summed E-state index contributed by atoms with van der Waals surface area (Å²) in [7, 11) is 0. The molecule has 7 heteroatoms. The summed E-state index contributed by atoms with van der Waals surface area (Å²) in [5.74, 6) is 1.81. The van der Waals surface area contributed by atoms with Crippen LogP contribution >= 0.6 is 0 Å². The molecule has 0 fully saturated rings. The number of benzene rings is 11. The predicted molar refractivity (Wildman–Crippen MR) is 313 cm³/mol. The number of hydrogen-bond donors (Lipinski definition) is 0. The topological polar surface area (TPSA) is 58.4 Å². The van der Waals surface area contributed by atoms with Gasteiger partial charge >= 0.3 is 0 Å². The summed E-state index contributed by atoms with van der Waals surface area (Å²) >= 11 is 0. The summed E-state index contributed by atoms with van der Waals surface area (Å²) in [4.78, 5) is 15.5. The Bertz CT molecular complexity index is 4900. The molecule has 0 aliphatic carbocycles. The van der Waals surface area contributed by atoms with Crippen molar-refractivity contribution in [3.8, 4) is 56.9 Å². The Morgan fingerprint density at radius 1 is 0.197 bits per heavy atom. The van der Waals surface area contributed by atoms with Crippen LogP contribution < -0.4 is 0 Å². The molecule has 0 aliphatic rings. The smallest absolute Gasteiger partial charge is 0.238 e. The first kappa shape index (κ1) is 42.2. The maximum absolute atomic E-state index is 5.25. The summed E-state index contributed by atoms with van der Waals surface area (Å²) in [5.41, 5.74) is 16.5. The van der Waals surface area contributed by atoms with Gasteiger partial charge in [-0.05, 0) is 96.1 Å². The lowest BCUT2D eigenvalue weighted by Crippen LogP contribution is -2.06. The molecule has 0 radical (unpaired) electrons. The molecule has 0 bridgehead atoms. The Balaban J connectivity index is 0.926. The quantitative estimate of drug-likeness (QED) is 0.160. The van der Waals surface area contributed by atoms with Gasteiger partial charge in [0.1, 0.15) is 0 Å². The molecular formula is C69H43N7. The van der Waals surface area contributed by atoms with Crippen LogP contribution in [0.25, 0.3) is 144 Å². The minimum atomic E-state index is 0.568. The molecule has 7 nitrogen and oxygen atoms in total. The van der Waals surface area contributed by atoms with Gasteiger partial charge in [0, 0.05) is 71.3 Å². The largest absolute Gasteiger partial charge is 0.309 e. The van der Waals surface area contributed by atoms with E-state index in [1.807, 2.05) is 36.4 Å². The first-order chi connectivity index (χ1) is 37.7. The highest BCUT2D eigenvalue weighted by molar-refractivity contribution is 6.21. The van der Waals surface area contributed by atoms with Crippen molar-refractivity contribution in [1.82, 2.24) is 33.2 Å². The van der Waals surface area contributed by atoms with E-state index in [0.29, 0.717) is 17.6 Å². The zero-order valence-electron chi connectivity index (χ0n) is 41.0. The standard InChI is InChI=1S/C69H43N7/c1-6-20-44(21-7-1)67-70-68(45-22-8-2-9-23-45)72-69(71-67)76-60-33-19-17-31-52(60)56-41-65-58(43-66(56)76)54-37-35-47(39-62(54)75(65)50-28-14-5-15-29-50)46-34-36-53-57-42-63-55(40-64(57)74(61(53)38-46)49-26-12-4-13-27-49)51-30-16-18-32-59(51)73(63)48-24-10-3-11-25-48/h1-43H. The van der Waals surface area contributed by atoms with Gasteiger partial charge in [0.15, 0.2) is 11.6 Å². The number of nitrogens with zero attached hydrogens (tertiary/aromatic N) is 7. The van der Waals surface area contributed by atoms with E-state index >= 15 is 0 Å². The van der Waals surface area contributed by atoms with Gasteiger partial charge in [-0.1, -0.05) is 176 Å². The highest BCUT2D eigenvalue weighted by Gasteiger charge is 2.23. The predicted octanol–water partition coefficient (Wildman–Crippen LogP) is 17.3. The second-order valence-electron chi connectivity index (χ2n) is 19.6. The van der Waals surface area contributed by atoms with Crippen molar-refractivity contribution >= 4 is 87.2 Å². The van der Waals surface area contributed by atoms with E-state index in [4.69, 9.17) is 15.0 Å². The second-order valence-corrected chi connectivity index (χ2v) is 19.6. The number of rotatable bonds is 7. The summed E-state index contributed by atoms with van der Waals surface area (Å²) in [5, 5.41) is 9.42. The van der Waals surface area contributed by atoms with E-state index in [0.717, 1.165) is 88.4 Å². The Morgan fingerprint density at radius 2 is 0.500 bits per heavy atom. The van der Waals surface area contributed by atoms with Gasteiger partial charge < -0.3 is 13.7 Å². The van der Waals surface area contributed by atoms with E-state index in [-0.39, 0.29) is 0 Å². The molecule has 0 amide bonds. The Kier molecular flexibility index (Phi) is 9.20. The summed E-state index contributed by atoms with van der Waals surface area (Å²) in [6.45, 7) is 0. The number of hydrogen-bond acceptors (Lipinski definition) is 3. The molecule has 0 N–H and O–H groups in total. The maximum Gasteiger partial charge on any atom is 0.238 e. The van der Waals surface area contributed by atoms with E-state index < -0.39 is 0 Å². The molecule has 16 aromatic rings. The molecular weight excluding hydrogens is 927 g/mol. The first-order valence-corrected chi connectivity index (χ1v) is 25.8. The van der Waals surface area contributed by atoms with Crippen LogP contribution in [0.15, 0.2) is 261 Å². The van der Waals surface area contributed by atoms with Crippen molar-refractivity contribution in [3.63, 3.8) is 0 Å². The molecule has 16 rings (SSSR count). The van der Waals surface area contributed by atoms with Crippen LogP contribution in [0.5, 0.6) is 0 Å². The number of para-hydroxylation sites is 5. The van der Waals surface area contributed by atoms with Crippen LogP contribution in [-0.4, -0.2) is 33.2 Å². The average Bonchev–Trinajstić information content (AvgIpc) is 4.32. The van der Waals surface area contributed by atoms with Crippen LogP contribution in [0.1, 0.15) is 0 Å². The van der Waals surface area contributed by atoms with Crippen molar-refractivity contribution in [2.24, 2.45) is 0 Å². The van der Waals surface area contributed by atoms with Crippen LogP contribution in [-0.2, 0) is 0 Å². The molecule has 0 saturated carbocycles. The monoisotopic (exact) mass is 969 g/mol. The highest BCUT2D eigenvalue weighted by atomic mass is 15.2. The van der Waals surface area contributed by atoms with E-state index in [9.17, 15) is 0 Å². The first-order valence-electron chi connectivity index (χ1n) is 25.8. The van der Waals surface area contributed by atoms with Crippen LogP contribution in [0.2, 0.25) is 0 Å². The second kappa shape index (κ2) is 16.6. The van der Waals surface area contributed by atoms with E-state index in [1.54, 1.807) is 0 Å². The minimum absolute atomic E-state index is 0.568. The van der Waals surface area contributed by atoms with Crippen molar-refractivity contribution in [2.75, 3.05) is 0 Å². The molecule has 0 spiro atoms. The van der Waals surface area contributed by atoms with Crippen LogP contribution in [0.3, 0.4) is 0 Å². The maximum atomic E-state index is 5.25. The Morgan fingerprint density at radius 3 is 0.908 bits per heavy atom. The van der Waals surface area contributed by atoms with Gasteiger partial charge in [-0.2, -0.15) is 9.97 Å². The summed E-state index contributed by atoms with van der Waals surface area (Å²) < 4.78 is 9.51. The van der Waals surface area contributed by atoms with Crippen LogP contribution in [0.4, 0.5) is 0 Å². The third kappa shape index (κ3) is 6.39. The Labute approximate surface area is 436 Å². The van der Waals surface area contributed by atoms with Crippen molar-refractivity contribution in [1.29, 1.82) is 0 Å². The lowest BCUT2D eigenvalue weighted by molar-refractivity contribution is 0.954. The third-order valence-electron chi connectivity index (χ3n) is 15.4. The fourth-order valence-corrected chi connectivity index (χ4v) is 12.0. The van der Waals surface area contributed by atoms with Gasteiger partial charge in [-0.25, -0.2) is 4.98 Å². The Hall–Kier alpha value is -10.4. The zero-order valence-corrected chi connectivity index (χ0v) is 41.0. The molecule has 0 saturated heterocycles. The zero-order chi connectivity index (χ0) is 49.8. The van der Waals surface area contributed by atoms with Crippen molar-refractivity contribution in [3.05, 3.63) is 261 Å². The average molecular weight is 970 g/mol. The molecule has 0 aliphatic heterocycles. The third-order valence-corrected chi connectivity index (χ3v) is 15.4. The molecule has 354 valence electrons. The normalized spacial score (nSPS) is 11.9. The van der Waals surface area contributed by atoms with Crippen molar-refractivity contribution in [2.45, 2.75) is 0 Å². The van der Waals surface area contributed by atoms with Crippen LogP contribution in [0, 0.1) is 0 Å². The van der Waals surface area contributed by atoms with Gasteiger partial charge in [0.25, 0.3) is 0 Å². The molecule has 11 aromatic carbocycles. The summed E-state index contributed by atoms with van der Waals surface area (Å²) in [6.07, 6.45) is 0. The van der Waals surface area contributed by atoms with E-state index in [2.05, 4.69) is 243 Å². The lowest BCUT2D eigenvalue weighted by atomic mass is 10.0. The van der Waals surface area contributed by atoms with Gasteiger partial charge in [0.05, 0.1) is 44.1 Å². The van der Waals surface area contributed by atoms with E-state index in [1.165, 1.54) is 38.1 Å². The lowest BCUT2D eigenvalue weighted by Gasteiger charge is -2.11. The molecule has 5 aromatic heterocycles.